The van der Waals surface area contributed by atoms with Gasteiger partial charge in [-0.2, -0.15) is 0 Å². The fourth-order valence-corrected chi connectivity index (χ4v) is 3.88. The molecular formula is C16H27NO4. The van der Waals surface area contributed by atoms with Gasteiger partial charge in [-0.1, -0.05) is 0 Å². The predicted molar refractivity (Wildman–Crippen MR) is 78.1 cm³/mol. The Balaban J connectivity index is 1.50. The van der Waals surface area contributed by atoms with Crippen molar-refractivity contribution >= 4 is 5.91 Å². The van der Waals surface area contributed by atoms with Crippen molar-refractivity contribution < 1.29 is 19.0 Å². The van der Waals surface area contributed by atoms with Crippen molar-refractivity contribution in [1.82, 2.24) is 4.90 Å². The molecule has 3 aliphatic rings. The summed E-state index contributed by atoms with van der Waals surface area (Å²) < 4.78 is 16.9. The van der Waals surface area contributed by atoms with E-state index in [0.29, 0.717) is 13.0 Å². The third-order valence-corrected chi connectivity index (χ3v) is 5.71. The van der Waals surface area contributed by atoms with Crippen LogP contribution in [0, 0.1) is 0 Å². The molecule has 1 unspecified atom stereocenters. The minimum atomic E-state index is -0.169. The van der Waals surface area contributed by atoms with Gasteiger partial charge in [-0.05, 0) is 32.1 Å². The molecule has 0 N–H and O–H groups in total. The number of hydrogen-bond acceptors (Lipinski definition) is 4. The highest BCUT2D eigenvalue weighted by molar-refractivity contribution is 5.77. The van der Waals surface area contributed by atoms with Gasteiger partial charge in [0.05, 0.1) is 30.3 Å². The zero-order valence-electron chi connectivity index (χ0n) is 13.2. The van der Waals surface area contributed by atoms with Crippen LogP contribution in [0.5, 0.6) is 0 Å². The average Bonchev–Trinajstić information content (AvgIpc) is 2.86. The Kier molecular flexibility index (Phi) is 4.26. The van der Waals surface area contributed by atoms with Crippen molar-refractivity contribution in [2.75, 3.05) is 33.9 Å². The van der Waals surface area contributed by atoms with Crippen LogP contribution in [0.25, 0.3) is 0 Å². The number of methoxy groups -OCH3 is 2. The van der Waals surface area contributed by atoms with Crippen LogP contribution in [-0.2, 0) is 19.0 Å². The van der Waals surface area contributed by atoms with Crippen LogP contribution in [0.2, 0.25) is 0 Å². The van der Waals surface area contributed by atoms with E-state index in [0.717, 1.165) is 45.2 Å². The number of nitrogens with zero attached hydrogens (tertiary/aromatic N) is 1. The fourth-order valence-electron chi connectivity index (χ4n) is 3.88. The number of hydrogen-bond donors (Lipinski definition) is 0. The standard InChI is InChI=1S/C16H27NO4/c1-19-13-10-16(21-12-13)6-8-17(9-7-16)14(18)11-15(20-2)4-3-5-15/h13H,3-12H2,1-2H3. The molecule has 2 saturated heterocycles. The molecule has 1 atom stereocenters. The molecule has 1 saturated carbocycles. The summed E-state index contributed by atoms with van der Waals surface area (Å²) in [6, 6.07) is 0. The maximum Gasteiger partial charge on any atom is 0.225 e. The molecule has 1 spiro atoms. The Hall–Kier alpha value is -0.650. The first kappa shape index (κ1) is 15.3. The molecule has 0 bridgehead atoms. The minimum Gasteiger partial charge on any atom is -0.379 e. The van der Waals surface area contributed by atoms with E-state index in [2.05, 4.69) is 0 Å². The Bertz CT molecular complexity index is 380. The first-order valence-electron chi connectivity index (χ1n) is 8.10. The van der Waals surface area contributed by atoms with Crippen molar-refractivity contribution in [2.45, 2.75) is 62.3 Å². The molecule has 0 aromatic heterocycles. The highest BCUT2D eigenvalue weighted by atomic mass is 16.6. The van der Waals surface area contributed by atoms with Crippen LogP contribution in [0.3, 0.4) is 0 Å². The van der Waals surface area contributed by atoms with E-state index in [1.54, 1.807) is 14.2 Å². The van der Waals surface area contributed by atoms with E-state index in [4.69, 9.17) is 14.2 Å². The molecule has 5 heteroatoms. The van der Waals surface area contributed by atoms with Crippen LogP contribution >= 0.6 is 0 Å². The normalized spacial score (nSPS) is 30.4. The number of carbonyl (C=O) groups excluding carboxylic acids is 1. The SMILES string of the molecule is COC1COC2(CCN(C(=O)CC3(OC)CCC3)CC2)C1. The summed E-state index contributed by atoms with van der Waals surface area (Å²) >= 11 is 0. The lowest BCUT2D eigenvalue weighted by Crippen LogP contribution is -2.50. The van der Waals surface area contributed by atoms with Crippen LogP contribution in [0.15, 0.2) is 0 Å². The zero-order chi connectivity index (χ0) is 14.9. The van der Waals surface area contributed by atoms with E-state index in [9.17, 15) is 4.79 Å². The van der Waals surface area contributed by atoms with Crippen LogP contribution < -0.4 is 0 Å². The lowest BCUT2D eigenvalue weighted by atomic mass is 9.77. The van der Waals surface area contributed by atoms with Gasteiger partial charge in [-0.15, -0.1) is 0 Å². The Morgan fingerprint density at radius 2 is 1.95 bits per heavy atom. The first-order chi connectivity index (χ1) is 10.1. The largest absolute Gasteiger partial charge is 0.379 e. The number of carbonyl (C=O) groups is 1. The van der Waals surface area contributed by atoms with Gasteiger partial charge in [-0.3, -0.25) is 4.79 Å². The second-order valence-corrected chi connectivity index (χ2v) is 6.85. The Labute approximate surface area is 126 Å². The second kappa shape index (κ2) is 5.86. The molecule has 0 aromatic rings. The van der Waals surface area contributed by atoms with Gasteiger partial charge in [0.2, 0.25) is 5.91 Å². The van der Waals surface area contributed by atoms with Gasteiger partial charge in [0.25, 0.3) is 0 Å². The highest BCUT2D eigenvalue weighted by Gasteiger charge is 2.45. The predicted octanol–water partition coefficient (Wildman–Crippen LogP) is 1.74. The van der Waals surface area contributed by atoms with Gasteiger partial charge in [0.15, 0.2) is 0 Å². The van der Waals surface area contributed by atoms with E-state index in [-0.39, 0.29) is 23.2 Å². The number of piperidine rings is 1. The third kappa shape index (κ3) is 2.96. The summed E-state index contributed by atoms with van der Waals surface area (Å²) in [6.45, 7) is 2.29. The minimum absolute atomic E-state index is 0.0487. The number of likely N-dealkylation sites (tertiary alicyclic amines) is 1. The summed E-state index contributed by atoms with van der Waals surface area (Å²) in [5, 5.41) is 0. The molecule has 2 aliphatic heterocycles. The van der Waals surface area contributed by atoms with Crippen molar-refractivity contribution in [3.8, 4) is 0 Å². The third-order valence-electron chi connectivity index (χ3n) is 5.71. The molecule has 0 aromatic carbocycles. The molecule has 120 valence electrons. The summed E-state index contributed by atoms with van der Waals surface area (Å²) in [7, 11) is 3.48. The number of rotatable bonds is 4. The van der Waals surface area contributed by atoms with Gasteiger partial charge in [-0.25, -0.2) is 0 Å². The quantitative estimate of drug-likeness (QED) is 0.793. The summed E-state index contributed by atoms with van der Waals surface area (Å²) in [4.78, 5) is 14.5. The van der Waals surface area contributed by atoms with Crippen molar-refractivity contribution in [2.24, 2.45) is 0 Å². The molecule has 2 heterocycles. The van der Waals surface area contributed by atoms with E-state index in [1.165, 1.54) is 6.42 Å². The topological polar surface area (TPSA) is 48.0 Å². The first-order valence-corrected chi connectivity index (χ1v) is 8.10. The van der Waals surface area contributed by atoms with Crippen molar-refractivity contribution in [3.05, 3.63) is 0 Å². The molecule has 0 radical (unpaired) electrons. The molecular weight excluding hydrogens is 270 g/mol. The molecule has 5 nitrogen and oxygen atoms in total. The average molecular weight is 297 g/mol. The van der Waals surface area contributed by atoms with Crippen molar-refractivity contribution in [1.29, 1.82) is 0 Å². The Morgan fingerprint density at radius 3 is 2.43 bits per heavy atom. The van der Waals surface area contributed by atoms with Crippen LogP contribution in [0.4, 0.5) is 0 Å². The lowest BCUT2D eigenvalue weighted by Gasteiger charge is -2.43. The van der Waals surface area contributed by atoms with E-state index >= 15 is 0 Å². The van der Waals surface area contributed by atoms with E-state index < -0.39 is 0 Å². The fraction of sp³-hybridized carbons (Fsp3) is 0.938. The summed E-state index contributed by atoms with van der Waals surface area (Å²) in [6.07, 6.45) is 6.80. The van der Waals surface area contributed by atoms with Gasteiger partial charge in [0, 0.05) is 33.7 Å². The maximum atomic E-state index is 12.5. The zero-order valence-corrected chi connectivity index (χ0v) is 13.2. The van der Waals surface area contributed by atoms with Crippen LogP contribution in [-0.4, -0.2) is 62.0 Å². The van der Waals surface area contributed by atoms with Gasteiger partial charge < -0.3 is 19.1 Å². The monoisotopic (exact) mass is 297 g/mol. The molecule has 1 aliphatic carbocycles. The van der Waals surface area contributed by atoms with Crippen molar-refractivity contribution in [3.63, 3.8) is 0 Å². The summed E-state index contributed by atoms with van der Waals surface area (Å²) in [5.41, 5.74) is -0.218. The second-order valence-electron chi connectivity index (χ2n) is 6.85. The summed E-state index contributed by atoms with van der Waals surface area (Å²) in [5.74, 6) is 0.243. The van der Waals surface area contributed by atoms with E-state index in [1.807, 2.05) is 4.90 Å². The molecule has 21 heavy (non-hydrogen) atoms. The lowest BCUT2D eigenvalue weighted by molar-refractivity contribution is -0.148. The van der Waals surface area contributed by atoms with Crippen LogP contribution in [0.1, 0.15) is 44.9 Å². The maximum absolute atomic E-state index is 12.5. The molecule has 3 rings (SSSR count). The smallest absolute Gasteiger partial charge is 0.225 e. The van der Waals surface area contributed by atoms with Gasteiger partial charge >= 0.3 is 0 Å². The molecule has 3 fully saturated rings. The number of amides is 1. The Morgan fingerprint density at radius 1 is 1.24 bits per heavy atom. The van der Waals surface area contributed by atoms with Gasteiger partial charge in [0.1, 0.15) is 0 Å². The molecule has 1 amide bonds. The highest BCUT2D eigenvalue weighted by Crippen LogP contribution is 2.40. The number of ether oxygens (including phenoxy) is 3.